The van der Waals surface area contributed by atoms with Crippen LogP contribution in [0.1, 0.15) is 38.3 Å². The van der Waals surface area contributed by atoms with Crippen LogP contribution in [0.5, 0.6) is 5.88 Å². The number of nitrogens with one attached hydrogen (secondary N) is 1. The fourth-order valence-electron chi connectivity index (χ4n) is 4.55. The highest BCUT2D eigenvalue weighted by Crippen LogP contribution is 2.66. The number of anilines is 1. The van der Waals surface area contributed by atoms with Crippen molar-refractivity contribution in [1.82, 2.24) is 9.97 Å². The number of aromatic nitrogens is 2. The van der Waals surface area contributed by atoms with Crippen LogP contribution in [0.4, 0.5) is 5.95 Å². The second-order valence-electron chi connectivity index (χ2n) is 6.68. The number of ether oxygens (including phenoxy) is 1. The molecular formula is C16H23N3O. The lowest BCUT2D eigenvalue weighted by Crippen LogP contribution is -2.15. The Hall–Kier alpha value is -1.32. The van der Waals surface area contributed by atoms with Crippen molar-refractivity contribution in [2.75, 3.05) is 11.9 Å². The number of hydrogen-bond donors (Lipinski definition) is 1. The number of rotatable bonds is 5. The Morgan fingerprint density at radius 1 is 1.25 bits per heavy atom. The third kappa shape index (κ3) is 1.97. The highest BCUT2D eigenvalue weighted by molar-refractivity contribution is 5.37. The SMILES string of the molecule is CCCOc1cc(C)nc(NC2C3C4CCC(C4)C23)n1. The molecule has 0 aliphatic heterocycles. The van der Waals surface area contributed by atoms with E-state index in [1.165, 1.54) is 19.3 Å². The van der Waals surface area contributed by atoms with Crippen LogP contribution >= 0.6 is 0 Å². The van der Waals surface area contributed by atoms with Gasteiger partial charge in [0.1, 0.15) is 0 Å². The van der Waals surface area contributed by atoms with Gasteiger partial charge in [-0.3, -0.25) is 0 Å². The van der Waals surface area contributed by atoms with Gasteiger partial charge >= 0.3 is 0 Å². The molecule has 0 saturated heterocycles. The average molecular weight is 273 g/mol. The summed E-state index contributed by atoms with van der Waals surface area (Å²) in [6, 6.07) is 2.54. The molecule has 3 aliphatic carbocycles. The molecule has 4 nitrogen and oxygen atoms in total. The van der Waals surface area contributed by atoms with E-state index in [-0.39, 0.29) is 0 Å². The van der Waals surface area contributed by atoms with E-state index >= 15 is 0 Å². The van der Waals surface area contributed by atoms with Crippen LogP contribution in [0.3, 0.4) is 0 Å². The van der Waals surface area contributed by atoms with E-state index in [2.05, 4.69) is 22.2 Å². The van der Waals surface area contributed by atoms with E-state index in [9.17, 15) is 0 Å². The molecule has 20 heavy (non-hydrogen) atoms. The summed E-state index contributed by atoms with van der Waals surface area (Å²) in [7, 11) is 0. The summed E-state index contributed by atoms with van der Waals surface area (Å²) in [5.41, 5.74) is 0.974. The van der Waals surface area contributed by atoms with Crippen LogP contribution in [0, 0.1) is 30.6 Å². The van der Waals surface area contributed by atoms with Crippen LogP contribution in [-0.2, 0) is 0 Å². The van der Waals surface area contributed by atoms with Gasteiger partial charge in [-0.2, -0.15) is 4.98 Å². The zero-order chi connectivity index (χ0) is 13.7. The van der Waals surface area contributed by atoms with Crippen LogP contribution in [0.15, 0.2) is 6.07 Å². The Morgan fingerprint density at radius 3 is 2.70 bits per heavy atom. The maximum atomic E-state index is 5.64. The third-order valence-corrected chi connectivity index (χ3v) is 5.32. The van der Waals surface area contributed by atoms with Crippen LogP contribution in [0.2, 0.25) is 0 Å². The molecule has 2 bridgehead atoms. The van der Waals surface area contributed by atoms with Crippen LogP contribution in [0.25, 0.3) is 0 Å². The van der Waals surface area contributed by atoms with Gasteiger partial charge in [-0.15, -0.1) is 0 Å². The van der Waals surface area contributed by atoms with Crippen molar-refractivity contribution in [2.24, 2.45) is 23.7 Å². The molecule has 4 atom stereocenters. The molecule has 0 aromatic carbocycles. The van der Waals surface area contributed by atoms with Gasteiger partial charge < -0.3 is 10.1 Å². The maximum absolute atomic E-state index is 5.64. The summed E-state index contributed by atoms with van der Waals surface area (Å²) < 4.78 is 5.64. The summed E-state index contributed by atoms with van der Waals surface area (Å²) >= 11 is 0. The first-order valence-corrected chi connectivity index (χ1v) is 8.01. The first-order chi connectivity index (χ1) is 9.76. The number of fused-ring (bicyclic) bond motifs is 5. The van der Waals surface area contributed by atoms with Gasteiger partial charge in [-0.25, -0.2) is 4.98 Å². The van der Waals surface area contributed by atoms with E-state index < -0.39 is 0 Å². The highest BCUT2D eigenvalue weighted by Gasteiger charge is 2.65. The predicted octanol–water partition coefficient (Wildman–Crippen LogP) is 3.03. The molecule has 108 valence electrons. The molecule has 1 N–H and O–H groups in total. The molecule has 3 fully saturated rings. The fraction of sp³-hybridized carbons (Fsp3) is 0.750. The third-order valence-electron chi connectivity index (χ3n) is 5.32. The number of nitrogens with zero attached hydrogens (tertiary/aromatic N) is 2. The van der Waals surface area contributed by atoms with Crippen molar-refractivity contribution in [1.29, 1.82) is 0 Å². The lowest BCUT2D eigenvalue weighted by atomic mass is 10.0. The van der Waals surface area contributed by atoms with E-state index in [1.807, 2.05) is 13.0 Å². The maximum Gasteiger partial charge on any atom is 0.226 e. The van der Waals surface area contributed by atoms with E-state index in [4.69, 9.17) is 4.74 Å². The predicted molar refractivity (Wildman–Crippen MR) is 77.8 cm³/mol. The standard InChI is InChI=1S/C16H23N3O/c1-3-6-20-12-7-9(2)17-16(18-12)19-15-13-10-4-5-11(8-10)14(13)15/h7,10-11,13-15H,3-6,8H2,1-2H3,(H,17,18,19). The first kappa shape index (κ1) is 12.4. The van der Waals surface area contributed by atoms with Crippen molar-refractivity contribution >= 4 is 5.95 Å². The summed E-state index contributed by atoms with van der Waals surface area (Å²) in [5.74, 6) is 5.22. The summed E-state index contributed by atoms with van der Waals surface area (Å²) in [4.78, 5) is 9.02. The van der Waals surface area contributed by atoms with Gasteiger partial charge in [0.05, 0.1) is 6.61 Å². The van der Waals surface area contributed by atoms with Gasteiger partial charge in [0.25, 0.3) is 0 Å². The average Bonchev–Trinajstić information content (AvgIpc) is 2.83. The Kier molecular flexibility index (Phi) is 2.86. The zero-order valence-electron chi connectivity index (χ0n) is 12.3. The normalized spacial score (nSPS) is 36.8. The Balaban J connectivity index is 1.45. The molecule has 1 aromatic heterocycles. The highest BCUT2D eigenvalue weighted by atomic mass is 16.5. The first-order valence-electron chi connectivity index (χ1n) is 8.01. The summed E-state index contributed by atoms with van der Waals surface area (Å²) in [6.45, 7) is 4.83. The Labute approximate surface area is 120 Å². The molecule has 0 radical (unpaired) electrons. The summed E-state index contributed by atoms with van der Waals surface area (Å²) in [6.07, 6.45) is 5.38. The van der Waals surface area contributed by atoms with Gasteiger partial charge in [0, 0.05) is 17.8 Å². The number of hydrogen-bond acceptors (Lipinski definition) is 4. The van der Waals surface area contributed by atoms with Crippen molar-refractivity contribution < 1.29 is 4.74 Å². The zero-order valence-corrected chi connectivity index (χ0v) is 12.3. The quantitative estimate of drug-likeness (QED) is 0.895. The Bertz CT molecular complexity index is 502. The van der Waals surface area contributed by atoms with Gasteiger partial charge in [-0.1, -0.05) is 6.92 Å². The molecule has 0 amide bonds. The van der Waals surface area contributed by atoms with E-state index in [0.29, 0.717) is 18.5 Å². The number of aryl methyl sites for hydroxylation is 1. The second kappa shape index (κ2) is 4.61. The van der Waals surface area contributed by atoms with Gasteiger partial charge in [-0.05, 0) is 56.3 Å². The monoisotopic (exact) mass is 273 g/mol. The minimum absolute atomic E-state index is 0.627. The van der Waals surface area contributed by atoms with Crippen LogP contribution < -0.4 is 10.1 Å². The second-order valence-corrected chi connectivity index (χ2v) is 6.68. The topological polar surface area (TPSA) is 47.0 Å². The largest absolute Gasteiger partial charge is 0.478 e. The van der Waals surface area contributed by atoms with Crippen LogP contribution in [-0.4, -0.2) is 22.6 Å². The molecule has 4 heteroatoms. The molecule has 0 spiro atoms. The molecule has 4 rings (SSSR count). The van der Waals surface area contributed by atoms with Gasteiger partial charge in [0.2, 0.25) is 11.8 Å². The smallest absolute Gasteiger partial charge is 0.226 e. The molecular weight excluding hydrogens is 250 g/mol. The lowest BCUT2D eigenvalue weighted by Gasteiger charge is -2.12. The molecule has 1 heterocycles. The molecule has 3 aliphatic rings. The fourth-order valence-corrected chi connectivity index (χ4v) is 4.55. The van der Waals surface area contributed by atoms with Crippen molar-refractivity contribution in [3.8, 4) is 5.88 Å². The lowest BCUT2D eigenvalue weighted by molar-refractivity contribution is 0.305. The van der Waals surface area contributed by atoms with Gasteiger partial charge in [0.15, 0.2) is 0 Å². The minimum Gasteiger partial charge on any atom is -0.478 e. The summed E-state index contributed by atoms with van der Waals surface area (Å²) in [5, 5.41) is 3.57. The Morgan fingerprint density at radius 2 is 2.00 bits per heavy atom. The van der Waals surface area contributed by atoms with Crippen molar-refractivity contribution in [3.63, 3.8) is 0 Å². The van der Waals surface area contributed by atoms with E-state index in [1.54, 1.807) is 0 Å². The molecule has 3 saturated carbocycles. The van der Waals surface area contributed by atoms with Crippen molar-refractivity contribution in [3.05, 3.63) is 11.8 Å². The minimum atomic E-state index is 0.627. The molecule has 1 aromatic rings. The molecule has 4 unspecified atom stereocenters. The van der Waals surface area contributed by atoms with Crippen molar-refractivity contribution in [2.45, 2.75) is 45.6 Å². The van der Waals surface area contributed by atoms with E-state index in [0.717, 1.165) is 41.7 Å².